The molecule has 0 saturated carbocycles. The molecule has 0 aromatic carbocycles. The van der Waals surface area contributed by atoms with Crippen molar-refractivity contribution >= 4 is 24.9 Å². The average molecular weight is 363 g/mol. The van der Waals surface area contributed by atoms with Crippen LogP contribution in [0, 0.1) is 0 Å². The van der Waals surface area contributed by atoms with Gasteiger partial charge in [-0.2, -0.15) is 0 Å². The zero-order valence-corrected chi connectivity index (χ0v) is 17.8. The van der Waals surface area contributed by atoms with E-state index in [4.69, 9.17) is 0 Å². The summed E-state index contributed by atoms with van der Waals surface area (Å²) in [5.74, 6) is 0. The van der Waals surface area contributed by atoms with Gasteiger partial charge < -0.3 is 0 Å². The van der Waals surface area contributed by atoms with Gasteiger partial charge in [0, 0.05) is 54.0 Å². The molecule has 0 aliphatic heterocycles. The molecule has 1 radical (unpaired) electrons. The first-order valence-electron chi connectivity index (χ1n) is 7.97. The molecule has 0 aromatic rings. The smallest absolute Gasteiger partial charge is 0.0524 e. The van der Waals surface area contributed by atoms with E-state index in [1.807, 2.05) is 27.7 Å². The van der Waals surface area contributed by atoms with Crippen LogP contribution < -0.4 is 0 Å². The van der Waals surface area contributed by atoms with E-state index in [0.29, 0.717) is 12.1 Å². The van der Waals surface area contributed by atoms with Crippen LogP contribution in [0.5, 0.6) is 0 Å². The van der Waals surface area contributed by atoms with Gasteiger partial charge in [0.1, 0.15) is 0 Å². The van der Waals surface area contributed by atoms with E-state index in [1.54, 1.807) is 24.9 Å². The summed E-state index contributed by atoms with van der Waals surface area (Å²) in [6, 6.07) is 0.747. The van der Waals surface area contributed by atoms with E-state index >= 15 is 0 Å². The Balaban J connectivity index is -0.000000338. The molecule has 0 spiro atoms. The van der Waals surface area contributed by atoms with E-state index < -0.39 is 0 Å². The van der Waals surface area contributed by atoms with Crippen molar-refractivity contribution < 1.29 is 17.1 Å². The Bertz CT molecular complexity index is 343. The molecule has 0 fully saturated rings. The zero-order valence-electron chi connectivity index (χ0n) is 16.6. The summed E-state index contributed by atoms with van der Waals surface area (Å²) in [6.45, 7) is 20.5. The van der Waals surface area contributed by atoms with Gasteiger partial charge in [-0.1, -0.05) is 0 Å². The first kappa shape index (κ1) is 27.1. The predicted molar refractivity (Wildman–Crippen MR) is 104 cm³/mol. The molecule has 4 nitrogen and oxygen atoms in total. The number of nitrogens with zero attached hydrogens (tertiary/aromatic N) is 4. The van der Waals surface area contributed by atoms with Crippen molar-refractivity contribution in [1.82, 2.24) is 0 Å². The van der Waals surface area contributed by atoms with Crippen LogP contribution in [-0.4, -0.2) is 48.0 Å². The van der Waals surface area contributed by atoms with E-state index in [1.165, 1.54) is 0 Å². The van der Waals surface area contributed by atoms with Gasteiger partial charge in [-0.3, -0.25) is 20.0 Å². The molecule has 0 rings (SSSR count). The summed E-state index contributed by atoms with van der Waals surface area (Å²) < 4.78 is 0. The third-order valence-corrected chi connectivity index (χ3v) is 1.83. The van der Waals surface area contributed by atoms with Crippen molar-refractivity contribution in [2.24, 2.45) is 20.0 Å². The standard InChI is InChI=1S/C10H20N2.C8H16N2.Mn/c1-9(2,3)11-7-8-12-10(4,5)6;1-7(2)9-5-6-10-8(3)4;/h7-8H,1-6H3;5-8H,1-4H3;. The van der Waals surface area contributed by atoms with Crippen molar-refractivity contribution in [2.75, 3.05) is 0 Å². The average Bonchev–Trinajstić information content (AvgIpc) is 2.28. The number of hydrogen-bond donors (Lipinski definition) is 0. The molecule has 135 valence electrons. The van der Waals surface area contributed by atoms with Crippen LogP contribution in [0.15, 0.2) is 20.0 Å². The molecule has 0 bridgehead atoms. The van der Waals surface area contributed by atoms with Crippen molar-refractivity contribution in [2.45, 2.75) is 92.4 Å². The molecule has 23 heavy (non-hydrogen) atoms. The Morgan fingerprint density at radius 1 is 0.565 bits per heavy atom. The molecule has 0 atom stereocenters. The van der Waals surface area contributed by atoms with E-state index in [0.717, 1.165) is 0 Å². The fraction of sp³-hybridized carbons (Fsp3) is 0.778. The molecule has 0 aromatic heterocycles. The van der Waals surface area contributed by atoms with Gasteiger partial charge in [0.25, 0.3) is 0 Å². The van der Waals surface area contributed by atoms with Crippen LogP contribution >= 0.6 is 0 Å². The molecule has 0 unspecified atom stereocenters. The Kier molecular flexibility index (Phi) is 16.0. The second kappa shape index (κ2) is 13.6. The quantitative estimate of drug-likeness (QED) is 0.515. The molecule has 5 heteroatoms. The van der Waals surface area contributed by atoms with Gasteiger partial charge in [0.2, 0.25) is 0 Å². The molecular weight excluding hydrogens is 327 g/mol. The predicted octanol–water partition coefficient (Wildman–Crippen LogP) is 4.67. The van der Waals surface area contributed by atoms with Crippen molar-refractivity contribution in [3.05, 3.63) is 0 Å². The van der Waals surface area contributed by atoms with Crippen LogP contribution in [0.3, 0.4) is 0 Å². The Labute approximate surface area is 154 Å². The maximum absolute atomic E-state index is 4.29. The first-order chi connectivity index (χ1) is 9.83. The minimum absolute atomic E-state index is 0. The summed E-state index contributed by atoms with van der Waals surface area (Å²) in [5.41, 5.74) is 0.00775. The van der Waals surface area contributed by atoms with Gasteiger partial charge >= 0.3 is 0 Å². The summed E-state index contributed by atoms with van der Waals surface area (Å²) in [4.78, 5) is 16.8. The fourth-order valence-electron chi connectivity index (χ4n) is 0.935. The molecule has 0 amide bonds. The number of hydrogen-bond acceptors (Lipinski definition) is 4. The van der Waals surface area contributed by atoms with Gasteiger partial charge in [-0.15, -0.1) is 0 Å². The Morgan fingerprint density at radius 3 is 1.00 bits per heavy atom. The largest absolute Gasteiger partial charge is 0.289 e. The molecule has 0 heterocycles. The molecule has 0 N–H and O–H groups in total. The summed E-state index contributed by atoms with van der Waals surface area (Å²) >= 11 is 0. The summed E-state index contributed by atoms with van der Waals surface area (Å²) in [7, 11) is 0. The summed E-state index contributed by atoms with van der Waals surface area (Å²) in [5, 5.41) is 0. The second-order valence-electron chi connectivity index (χ2n) is 7.68. The minimum Gasteiger partial charge on any atom is -0.289 e. The van der Waals surface area contributed by atoms with Crippen LogP contribution in [0.25, 0.3) is 0 Å². The Hall–Kier alpha value is -0.801. The van der Waals surface area contributed by atoms with Gasteiger partial charge in [0.05, 0.1) is 11.1 Å². The molecule has 0 aliphatic carbocycles. The topological polar surface area (TPSA) is 49.4 Å². The molecule has 0 aliphatic rings. The van der Waals surface area contributed by atoms with E-state index in [9.17, 15) is 0 Å². The second-order valence-corrected chi connectivity index (χ2v) is 7.68. The van der Waals surface area contributed by atoms with E-state index in [2.05, 4.69) is 61.5 Å². The molecular formula is C18H36MnN4. The van der Waals surface area contributed by atoms with Crippen molar-refractivity contribution in [1.29, 1.82) is 0 Å². The zero-order chi connectivity index (χ0) is 17.8. The maximum atomic E-state index is 4.29. The Morgan fingerprint density at radius 2 is 0.826 bits per heavy atom. The minimum atomic E-state index is 0. The van der Waals surface area contributed by atoms with Crippen LogP contribution in [0.4, 0.5) is 0 Å². The summed E-state index contributed by atoms with van der Waals surface area (Å²) in [6.07, 6.45) is 7.05. The SMILES string of the molecule is CC(C)(C)N=CC=NC(C)(C)C.CC(C)N=CC=NC(C)C.[Mn]. The monoisotopic (exact) mass is 363 g/mol. The van der Waals surface area contributed by atoms with Crippen molar-refractivity contribution in [3.8, 4) is 0 Å². The van der Waals surface area contributed by atoms with Gasteiger partial charge in [-0.05, 0) is 69.2 Å². The first-order valence-corrected chi connectivity index (χ1v) is 7.97. The fourth-order valence-corrected chi connectivity index (χ4v) is 0.935. The van der Waals surface area contributed by atoms with Crippen molar-refractivity contribution in [3.63, 3.8) is 0 Å². The normalized spacial score (nSPS) is 13.4. The van der Waals surface area contributed by atoms with Gasteiger partial charge in [0.15, 0.2) is 0 Å². The van der Waals surface area contributed by atoms with Crippen LogP contribution in [-0.2, 0) is 17.1 Å². The van der Waals surface area contributed by atoms with Gasteiger partial charge in [-0.25, -0.2) is 0 Å². The number of aliphatic imine (C=N–C) groups is 4. The molecule has 0 saturated heterocycles. The van der Waals surface area contributed by atoms with Crippen LogP contribution in [0.1, 0.15) is 69.2 Å². The number of rotatable bonds is 4. The third kappa shape index (κ3) is 33.8. The third-order valence-electron chi connectivity index (χ3n) is 1.83. The maximum Gasteiger partial charge on any atom is 0.0524 e. The van der Waals surface area contributed by atoms with Crippen LogP contribution in [0.2, 0.25) is 0 Å². The van der Waals surface area contributed by atoms with E-state index in [-0.39, 0.29) is 28.1 Å².